The van der Waals surface area contributed by atoms with Crippen molar-refractivity contribution < 1.29 is 29.0 Å². The fourth-order valence-corrected chi connectivity index (χ4v) is 3.41. The number of hydrogen-bond acceptors (Lipinski definition) is 7. The number of β-lactam (4-membered cyclic amide) rings is 1. The number of rotatable bonds is 8. The third-order valence-corrected chi connectivity index (χ3v) is 5.19. The maximum atomic E-state index is 12.3. The molecule has 0 aromatic heterocycles. The Hall–Kier alpha value is -3.04. The van der Waals surface area contributed by atoms with Crippen LogP contribution in [0.2, 0.25) is 0 Å². The first-order valence-electron chi connectivity index (χ1n) is 9.22. The van der Waals surface area contributed by atoms with E-state index < -0.39 is 29.5 Å². The number of amides is 2. The van der Waals surface area contributed by atoms with E-state index >= 15 is 0 Å². The van der Waals surface area contributed by atoms with Crippen LogP contribution in [0, 0.1) is 0 Å². The van der Waals surface area contributed by atoms with Crippen LogP contribution >= 0.6 is 12.6 Å². The minimum atomic E-state index is -1.81. The van der Waals surface area contributed by atoms with Gasteiger partial charge in [-0.1, -0.05) is 42.5 Å². The summed E-state index contributed by atoms with van der Waals surface area (Å²) in [5.74, 6) is -1.28. The quantitative estimate of drug-likeness (QED) is 0.326. The number of likely N-dealkylation sites (tertiary alicyclic amines) is 1. The largest absolute Gasteiger partial charge is 0.497 e. The van der Waals surface area contributed by atoms with Gasteiger partial charge in [-0.15, -0.1) is 0 Å². The van der Waals surface area contributed by atoms with E-state index in [0.29, 0.717) is 11.3 Å². The summed E-state index contributed by atoms with van der Waals surface area (Å²) in [7, 11) is 1.54. The zero-order valence-electron chi connectivity index (χ0n) is 16.2. The molecule has 1 unspecified atom stereocenters. The molecule has 2 aromatic carbocycles. The summed E-state index contributed by atoms with van der Waals surface area (Å²) in [4.78, 5) is 37.5. The SMILES string of the molecule is COc1ccc(COC(=O)C(O)N2C(=O)[C@@H](NC(=O)Cc3ccccc3)[C@H]2S)cc1. The summed E-state index contributed by atoms with van der Waals surface area (Å²) in [6.07, 6.45) is -1.70. The lowest BCUT2D eigenvalue weighted by Gasteiger charge is -2.45. The van der Waals surface area contributed by atoms with E-state index in [1.54, 1.807) is 43.5 Å². The topological polar surface area (TPSA) is 105 Å². The first kappa shape index (κ1) is 21.7. The maximum absolute atomic E-state index is 12.3. The zero-order chi connectivity index (χ0) is 21.7. The van der Waals surface area contributed by atoms with E-state index in [2.05, 4.69) is 17.9 Å². The van der Waals surface area contributed by atoms with Crippen LogP contribution in [0.4, 0.5) is 0 Å². The molecule has 0 saturated carbocycles. The van der Waals surface area contributed by atoms with Crippen LogP contribution in [0.15, 0.2) is 54.6 Å². The lowest BCUT2D eigenvalue weighted by Crippen LogP contribution is -2.72. The molecule has 8 nitrogen and oxygen atoms in total. The van der Waals surface area contributed by atoms with Crippen molar-refractivity contribution in [1.82, 2.24) is 10.2 Å². The molecule has 30 heavy (non-hydrogen) atoms. The van der Waals surface area contributed by atoms with E-state index in [0.717, 1.165) is 10.5 Å². The van der Waals surface area contributed by atoms with Crippen molar-refractivity contribution in [2.24, 2.45) is 0 Å². The molecule has 2 N–H and O–H groups in total. The summed E-state index contributed by atoms with van der Waals surface area (Å²) in [6, 6.07) is 15.0. The monoisotopic (exact) mass is 430 g/mol. The van der Waals surface area contributed by atoms with Crippen molar-refractivity contribution in [2.45, 2.75) is 30.7 Å². The number of thiol groups is 1. The average Bonchev–Trinajstić information content (AvgIpc) is 2.77. The van der Waals surface area contributed by atoms with Crippen LogP contribution in [0.5, 0.6) is 5.75 Å². The van der Waals surface area contributed by atoms with Crippen LogP contribution in [-0.4, -0.2) is 52.5 Å². The number of nitrogens with zero attached hydrogens (tertiary/aromatic N) is 1. The highest BCUT2D eigenvalue weighted by molar-refractivity contribution is 7.81. The Morgan fingerprint density at radius 3 is 2.40 bits per heavy atom. The van der Waals surface area contributed by atoms with Gasteiger partial charge < -0.3 is 19.9 Å². The van der Waals surface area contributed by atoms with Gasteiger partial charge in [-0.3, -0.25) is 14.5 Å². The lowest BCUT2D eigenvalue weighted by molar-refractivity contribution is -0.182. The number of carbonyl (C=O) groups is 3. The van der Waals surface area contributed by atoms with Crippen molar-refractivity contribution >= 4 is 30.4 Å². The van der Waals surface area contributed by atoms with Gasteiger partial charge in [0.25, 0.3) is 5.91 Å². The molecule has 0 radical (unpaired) electrons. The van der Waals surface area contributed by atoms with Gasteiger partial charge in [-0.2, -0.15) is 12.6 Å². The van der Waals surface area contributed by atoms with Crippen LogP contribution in [0.25, 0.3) is 0 Å². The standard InChI is InChI=1S/C21H22N2O6S/c1-28-15-9-7-14(8-10-15)12-29-21(27)19(26)23-18(25)17(20(23)30)22-16(24)11-13-5-3-2-4-6-13/h2-10,17,19-20,26,30H,11-12H2,1H3,(H,22,24)/t17-,19?,20-/m1/s1. The molecular weight excluding hydrogens is 408 g/mol. The van der Waals surface area contributed by atoms with Gasteiger partial charge in [0.05, 0.1) is 13.5 Å². The molecule has 1 heterocycles. The molecule has 1 saturated heterocycles. The van der Waals surface area contributed by atoms with Crippen molar-refractivity contribution in [3.8, 4) is 5.75 Å². The Morgan fingerprint density at radius 1 is 1.13 bits per heavy atom. The number of aliphatic hydroxyl groups excluding tert-OH is 1. The molecular formula is C21H22N2O6S. The normalized spacial score (nSPS) is 18.9. The fourth-order valence-electron chi connectivity index (χ4n) is 2.97. The predicted octanol–water partition coefficient (Wildman–Crippen LogP) is 0.882. The van der Waals surface area contributed by atoms with Crippen LogP contribution in [0.1, 0.15) is 11.1 Å². The summed E-state index contributed by atoms with van der Waals surface area (Å²) >= 11 is 4.24. The summed E-state index contributed by atoms with van der Waals surface area (Å²) in [5, 5.41) is 11.9. The number of carbonyl (C=O) groups excluding carboxylic acids is 3. The van der Waals surface area contributed by atoms with Gasteiger partial charge in [-0.05, 0) is 23.3 Å². The lowest BCUT2D eigenvalue weighted by atomic mass is 10.1. The van der Waals surface area contributed by atoms with E-state index in [1.807, 2.05) is 18.2 Å². The predicted molar refractivity (Wildman–Crippen MR) is 110 cm³/mol. The van der Waals surface area contributed by atoms with E-state index in [1.165, 1.54) is 0 Å². The molecule has 158 valence electrons. The van der Waals surface area contributed by atoms with Gasteiger partial charge in [-0.25, -0.2) is 4.79 Å². The number of benzene rings is 2. The second kappa shape index (κ2) is 9.64. The average molecular weight is 430 g/mol. The number of hydrogen-bond donors (Lipinski definition) is 3. The Labute approximate surface area is 179 Å². The molecule has 0 bridgehead atoms. The minimum Gasteiger partial charge on any atom is -0.497 e. The van der Waals surface area contributed by atoms with Crippen LogP contribution in [-0.2, 0) is 32.1 Å². The second-order valence-electron chi connectivity index (χ2n) is 6.70. The Bertz CT molecular complexity index is 905. The first-order valence-corrected chi connectivity index (χ1v) is 9.73. The van der Waals surface area contributed by atoms with Crippen molar-refractivity contribution in [3.05, 3.63) is 65.7 Å². The van der Waals surface area contributed by atoms with Gasteiger partial charge >= 0.3 is 5.97 Å². The van der Waals surface area contributed by atoms with Crippen molar-refractivity contribution in [3.63, 3.8) is 0 Å². The van der Waals surface area contributed by atoms with Crippen molar-refractivity contribution in [1.29, 1.82) is 0 Å². The molecule has 0 spiro atoms. The molecule has 3 rings (SSSR count). The Kier molecular flexibility index (Phi) is 6.96. The highest BCUT2D eigenvalue weighted by atomic mass is 32.1. The van der Waals surface area contributed by atoms with E-state index in [9.17, 15) is 19.5 Å². The van der Waals surface area contributed by atoms with E-state index in [4.69, 9.17) is 9.47 Å². The second-order valence-corrected chi connectivity index (χ2v) is 7.23. The van der Waals surface area contributed by atoms with Crippen molar-refractivity contribution in [2.75, 3.05) is 7.11 Å². The zero-order valence-corrected chi connectivity index (χ0v) is 17.1. The number of nitrogens with one attached hydrogen (secondary N) is 1. The molecule has 9 heteroatoms. The molecule has 1 fully saturated rings. The molecule has 2 amide bonds. The molecule has 1 aliphatic rings. The first-order chi connectivity index (χ1) is 14.4. The molecule has 0 aliphatic carbocycles. The van der Waals surface area contributed by atoms with Gasteiger partial charge in [0.1, 0.15) is 23.8 Å². The van der Waals surface area contributed by atoms with Crippen LogP contribution in [0.3, 0.4) is 0 Å². The fraction of sp³-hybridized carbons (Fsp3) is 0.286. The van der Waals surface area contributed by atoms with Gasteiger partial charge in [0.2, 0.25) is 12.1 Å². The van der Waals surface area contributed by atoms with Gasteiger partial charge in [0, 0.05) is 0 Å². The smallest absolute Gasteiger partial charge is 0.356 e. The third kappa shape index (κ3) is 4.92. The summed E-state index contributed by atoms with van der Waals surface area (Å²) in [6.45, 7) is -0.0730. The molecule has 1 aliphatic heterocycles. The minimum absolute atomic E-state index is 0.0730. The number of aliphatic hydroxyl groups is 1. The number of methoxy groups -OCH3 is 1. The summed E-state index contributed by atoms with van der Waals surface area (Å²) < 4.78 is 10.1. The molecule has 2 aromatic rings. The van der Waals surface area contributed by atoms with Crippen LogP contribution < -0.4 is 10.1 Å². The number of ether oxygens (including phenoxy) is 2. The Morgan fingerprint density at radius 2 is 1.80 bits per heavy atom. The highest BCUT2D eigenvalue weighted by Gasteiger charge is 2.51. The third-order valence-electron chi connectivity index (χ3n) is 4.64. The number of esters is 1. The molecule has 3 atom stereocenters. The Balaban J connectivity index is 1.49. The highest BCUT2D eigenvalue weighted by Crippen LogP contribution is 2.26. The van der Waals surface area contributed by atoms with Gasteiger partial charge in [0.15, 0.2) is 0 Å². The maximum Gasteiger partial charge on any atom is 0.356 e. The summed E-state index contributed by atoms with van der Waals surface area (Å²) in [5.41, 5.74) is 1.50. The van der Waals surface area contributed by atoms with E-state index in [-0.39, 0.29) is 18.9 Å².